The summed E-state index contributed by atoms with van der Waals surface area (Å²) in [5.41, 5.74) is 2.84. The third kappa shape index (κ3) is 4.12. The monoisotopic (exact) mass is 300 g/mol. The molecule has 0 unspecified atom stereocenters. The Morgan fingerprint density at radius 3 is 1.64 bits per heavy atom. The average molecular weight is 300 g/mol. The predicted octanol–water partition coefficient (Wildman–Crippen LogP) is 1.57. The molecule has 0 aromatic carbocycles. The molecule has 114 valence electrons. The summed E-state index contributed by atoms with van der Waals surface area (Å²) in [6, 6.07) is 7.06. The number of carbonyl (C=O) groups excluding carboxylic acids is 2. The first-order chi connectivity index (χ1) is 10.6. The molecule has 0 saturated heterocycles. The molecule has 0 atom stereocenters. The smallest absolute Gasteiger partial charge is 0.309 e. The van der Waals surface area contributed by atoms with Crippen LogP contribution in [-0.4, -0.2) is 36.1 Å². The van der Waals surface area contributed by atoms with Crippen molar-refractivity contribution in [2.24, 2.45) is 0 Å². The van der Waals surface area contributed by atoms with Crippen LogP contribution in [0.4, 0.5) is 0 Å². The number of rotatable bonds is 5. The number of nitrogens with zero attached hydrogens (tertiary/aromatic N) is 2. The van der Waals surface area contributed by atoms with Crippen LogP contribution in [0.15, 0.2) is 36.7 Å². The molecule has 0 fully saturated rings. The number of aromatic nitrogens is 2. The van der Waals surface area contributed by atoms with Crippen LogP contribution in [0.1, 0.15) is 11.1 Å². The molecule has 0 aliphatic rings. The highest BCUT2D eigenvalue weighted by atomic mass is 16.5. The number of methoxy groups -OCH3 is 2. The molecule has 0 saturated carbocycles. The zero-order valence-electron chi connectivity index (χ0n) is 12.4. The van der Waals surface area contributed by atoms with Gasteiger partial charge in [-0.25, -0.2) is 0 Å². The second-order valence-electron chi connectivity index (χ2n) is 4.60. The van der Waals surface area contributed by atoms with E-state index in [9.17, 15) is 9.59 Å². The Morgan fingerprint density at radius 2 is 1.27 bits per heavy atom. The van der Waals surface area contributed by atoms with E-state index in [2.05, 4.69) is 19.4 Å². The van der Waals surface area contributed by atoms with Crippen LogP contribution in [0.25, 0.3) is 11.4 Å². The van der Waals surface area contributed by atoms with Crippen molar-refractivity contribution in [3.63, 3.8) is 0 Å². The highest BCUT2D eigenvalue weighted by molar-refractivity contribution is 5.74. The Labute approximate surface area is 128 Å². The summed E-state index contributed by atoms with van der Waals surface area (Å²) in [4.78, 5) is 31.2. The van der Waals surface area contributed by atoms with Crippen LogP contribution in [0.3, 0.4) is 0 Å². The van der Waals surface area contributed by atoms with Crippen LogP contribution in [0.2, 0.25) is 0 Å². The number of hydrogen-bond acceptors (Lipinski definition) is 6. The minimum absolute atomic E-state index is 0.174. The quantitative estimate of drug-likeness (QED) is 0.780. The number of esters is 2. The lowest BCUT2D eigenvalue weighted by Crippen LogP contribution is -2.05. The van der Waals surface area contributed by atoms with Crippen molar-refractivity contribution in [1.82, 2.24) is 9.97 Å². The van der Waals surface area contributed by atoms with E-state index >= 15 is 0 Å². The molecule has 0 bridgehead atoms. The number of hydrogen-bond donors (Lipinski definition) is 0. The molecule has 0 radical (unpaired) electrons. The topological polar surface area (TPSA) is 78.4 Å². The van der Waals surface area contributed by atoms with Crippen molar-refractivity contribution < 1.29 is 19.1 Å². The number of ether oxygens (including phenoxy) is 2. The SMILES string of the molecule is COC(=O)Cc1ccnc(-c2cc(CC(=O)OC)ccn2)c1. The number of pyridine rings is 2. The van der Waals surface area contributed by atoms with E-state index in [4.69, 9.17) is 0 Å². The molecule has 0 aliphatic carbocycles. The van der Waals surface area contributed by atoms with Crippen LogP contribution in [-0.2, 0) is 31.9 Å². The van der Waals surface area contributed by atoms with Gasteiger partial charge in [0.05, 0.1) is 38.4 Å². The maximum absolute atomic E-state index is 11.3. The normalized spacial score (nSPS) is 10.1. The first kappa shape index (κ1) is 15.6. The molecule has 6 nitrogen and oxygen atoms in total. The third-order valence-corrected chi connectivity index (χ3v) is 3.06. The van der Waals surface area contributed by atoms with E-state index in [1.165, 1.54) is 14.2 Å². The van der Waals surface area contributed by atoms with Gasteiger partial charge >= 0.3 is 11.9 Å². The van der Waals surface area contributed by atoms with E-state index in [0.717, 1.165) is 11.1 Å². The van der Waals surface area contributed by atoms with Gasteiger partial charge in [-0.2, -0.15) is 0 Å². The summed E-state index contributed by atoms with van der Waals surface area (Å²) in [6.07, 6.45) is 3.58. The lowest BCUT2D eigenvalue weighted by Gasteiger charge is -2.05. The van der Waals surface area contributed by atoms with Gasteiger partial charge in [0.2, 0.25) is 0 Å². The molecule has 2 rings (SSSR count). The highest BCUT2D eigenvalue weighted by Crippen LogP contribution is 2.17. The molecule has 0 N–H and O–H groups in total. The summed E-state index contributed by atoms with van der Waals surface area (Å²) in [5.74, 6) is -0.630. The fourth-order valence-corrected chi connectivity index (χ4v) is 1.93. The van der Waals surface area contributed by atoms with Gasteiger partial charge in [0.25, 0.3) is 0 Å². The van der Waals surface area contributed by atoms with Crippen molar-refractivity contribution in [2.45, 2.75) is 12.8 Å². The van der Waals surface area contributed by atoms with Crippen molar-refractivity contribution in [3.05, 3.63) is 47.8 Å². The fraction of sp³-hybridized carbons (Fsp3) is 0.250. The van der Waals surface area contributed by atoms with Crippen LogP contribution < -0.4 is 0 Å². The first-order valence-corrected chi connectivity index (χ1v) is 6.66. The van der Waals surface area contributed by atoms with Gasteiger partial charge in [-0.05, 0) is 35.4 Å². The van der Waals surface area contributed by atoms with E-state index in [-0.39, 0.29) is 24.8 Å². The largest absolute Gasteiger partial charge is 0.469 e. The highest BCUT2D eigenvalue weighted by Gasteiger charge is 2.09. The van der Waals surface area contributed by atoms with E-state index in [1.807, 2.05) is 0 Å². The molecule has 0 aliphatic heterocycles. The predicted molar refractivity (Wildman–Crippen MR) is 78.9 cm³/mol. The summed E-state index contributed by atoms with van der Waals surface area (Å²) in [5, 5.41) is 0. The minimum Gasteiger partial charge on any atom is -0.469 e. The Morgan fingerprint density at radius 1 is 0.864 bits per heavy atom. The summed E-state index contributed by atoms with van der Waals surface area (Å²) < 4.78 is 9.30. The van der Waals surface area contributed by atoms with Crippen molar-refractivity contribution >= 4 is 11.9 Å². The van der Waals surface area contributed by atoms with Crippen LogP contribution >= 0.6 is 0 Å². The van der Waals surface area contributed by atoms with Crippen LogP contribution in [0.5, 0.6) is 0 Å². The lowest BCUT2D eigenvalue weighted by molar-refractivity contribution is -0.140. The standard InChI is InChI=1S/C16H16N2O4/c1-21-15(19)9-11-3-5-17-13(7-11)14-8-12(4-6-18-14)10-16(20)22-2/h3-8H,9-10H2,1-2H3. The fourth-order valence-electron chi connectivity index (χ4n) is 1.93. The van der Waals surface area contributed by atoms with Gasteiger partial charge in [-0.15, -0.1) is 0 Å². The van der Waals surface area contributed by atoms with Crippen molar-refractivity contribution in [1.29, 1.82) is 0 Å². The van der Waals surface area contributed by atoms with Gasteiger partial charge in [0, 0.05) is 12.4 Å². The molecule has 22 heavy (non-hydrogen) atoms. The van der Waals surface area contributed by atoms with E-state index < -0.39 is 0 Å². The first-order valence-electron chi connectivity index (χ1n) is 6.66. The van der Waals surface area contributed by atoms with E-state index in [0.29, 0.717) is 11.4 Å². The second kappa shape index (κ2) is 7.31. The third-order valence-electron chi connectivity index (χ3n) is 3.06. The van der Waals surface area contributed by atoms with Gasteiger partial charge < -0.3 is 9.47 Å². The maximum Gasteiger partial charge on any atom is 0.309 e. The van der Waals surface area contributed by atoms with Crippen LogP contribution in [0, 0.1) is 0 Å². The summed E-state index contributed by atoms with van der Waals surface area (Å²) in [7, 11) is 2.70. The maximum atomic E-state index is 11.3. The minimum atomic E-state index is -0.315. The molecule has 0 spiro atoms. The Kier molecular flexibility index (Phi) is 5.19. The molecule has 2 aromatic heterocycles. The molecule has 0 amide bonds. The van der Waals surface area contributed by atoms with Gasteiger partial charge in [-0.1, -0.05) is 0 Å². The van der Waals surface area contributed by atoms with E-state index in [1.54, 1.807) is 36.7 Å². The molecule has 6 heteroatoms. The van der Waals surface area contributed by atoms with Crippen molar-refractivity contribution in [3.8, 4) is 11.4 Å². The second-order valence-corrected chi connectivity index (χ2v) is 4.60. The molecular weight excluding hydrogens is 284 g/mol. The average Bonchev–Trinajstić information content (AvgIpc) is 2.55. The zero-order valence-corrected chi connectivity index (χ0v) is 12.4. The molecule has 2 aromatic rings. The summed E-state index contributed by atoms with van der Waals surface area (Å²) >= 11 is 0. The Bertz CT molecular complexity index is 626. The van der Waals surface area contributed by atoms with Gasteiger partial charge in [0.15, 0.2) is 0 Å². The molecule has 2 heterocycles. The van der Waals surface area contributed by atoms with Gasteiger partial charge in [-0.3, -0.25) is 19.6 Å². The Balaban J connectivity index is 2.24. The number of carbonyl (C=O) groups is 2. The lowest BCUT2D eigenvalue weighted by atomic mass is 10.1. The zero-order chi connectivity index (χ0) is 15.9. The molecular formula is C16H16N2O4. The summed E-state index contributed by atoms with van der Waals surface area (Å²) in [6.45, 7) is 0. The van der Waals surface area contributed by atoms with Crippen molar-refractivity contribution in [2.75, 3.05) is 14.2 Å². The van der Waals surface area contributed by atoms with Gasteiger partial charge in [0.1, 0.15) is 0 Å². The Hall–Kier alpha value is -2.76.